The zero-order chi connectivity index (χ0) is 14.7. The molecule has 2 rings (SSSR count). The molecule has 0 saturated carbocycles. The summed E-state index contributed by atoms with van der Waals surface area (Å²) in [6.45, 7) is 0. The van der Waals surface area contributed by atoms with Crippen LogP contribution in [0.1, 0.15) is 10.4 Å². The first-order valence-corrected chi connectivity index (χ1v) is 6.10. The molecule has 1 aromatic heterocycles. The third-order valence-electron chi connectivity index (χ3n) is 2.31. The maximum Gasteiger partial charge on any atom is 0.271 e. The Morgan fingerprint density at radius 2 is 2.00 bits per heavy atom. The topological polar surface area (TPSA) is 85.1 Å². The monoisotopic (exact) mass is 311 g/mol. The van der Waals surface area contributed by atoms with Crippen molar-refractivity contribution in [1.82, 2.24) is 4.98 Å². The van der Waals surface area contributed by atoms with Crippen molar-refractivity contribution in [2.24, 2.45) is 0 Å². The molecule has 1 amide bonds. The van der Waals surface area contributed by atoms with Gasteiger partial charge < -0.3 is 5.32 Å². The van der Waals surface area contributed by atoms with Crippen molar-refractivity contribution >= 4 is 40.6 Å². The second-order valence-electron chi connectivity index (χ2n) is 3.75. The highest BCUT2D eigenvalue weighted by molar-refractivity contribution is 6.31. The zero-order valence-corrected chi connectivity index (χ0v) is 11.4. The number of aromatic nitrogens is 1. The van der Waals surface area contributed by atoms with E-state index in [0.29, 0.717) is 0 Å². The van der Waals surface area contributed by atoms with Crippen LogP contribution in [0.3, 0.4) is 0 Å². The Labute approximate surface area is 123 Å². The van der Waals surface area contributed by atoms with E-state index in [1.807, 2.05) is 0 Å². The van der Waals surface area contributed by atoms with Gasteiger partial charge in [0.2, 0.25) is 0 Å². The fourth-order valence-corrected chi connectivity index (χ4v) is 1.87. The largest absolute Gasteiger partial charge is 0.307 e. The van der Waals surface area contributed by atoms with Crippen molar-refractivity contribution in [3.05, 3.63) is 62.3 Å². The Hall–Kier alpha value is -2.18. The molecule has 1 heterocycles. The highest BCUT2D eigenvalue weighted by atomic mass is 35.5. The van der Waals surface area contributed by atoms with Crippen molar-refractivity contribution in [3.63, 3.8) is 0 Å². The summed E-state index contributed by atoms with van der Waals surface area (Å²) < 4.78 is 0. The Morgan fingerprint density at radius 3 is 2.65 bits per heavy atom. The molecule has 6 nitrogen and oxygen atoms in total. The highest BCUT2D eigenvalue weighted by Gasteiger charge is 2.14. The lowest BCUT2D eigenvalue weighted by Crippen LogP contribution is -2.13. The van der Waals surface area contributed by atoms with Gasteiger partial charge in [-0.1, -0.05) is 29.3 Å². The fourth-order valence-electron chi connectivity index (χ4n) is 1.48. The molecule has 8 heteroatoms. The summed E-state index contributed by atoms with van der Waals surface area (Å²) in [7, 11) is 0. The van der Waals surface area contributed by atoms with Crippen LogP contribution in [-0.4, -0.2) is 15.8 Å². The van der Waals surface area contributed by atoms with Gasteiger partial charge in [0, 0.05) is 22.7 Å². The van der Waals surface area contributed by atoms with Gasteiger partial charge >= 0.3 is 0 Å². The molecule has 0 aliphatic rings. The molecule has 1 N–H and O–H groups in total. The van der Waals surface area contributed by atoms with E-state index < -0.39 is 10.8 Å². The van der Waals surface area contributed by atoms with Gasteiger partial charge in [0.05, 0.1) is 4.92 Å². The summed E-state index contributed by atoms with van der Waals surface area (Å²) >= 11 is 11.4. The number of pyridine rings is 1. The number of nitrogens with zero attached hydrogens (tertiary/aromatic N) is 2. The van der Waals surface area contributed by atoms with Crippen molar-refractivity contribution in [2.45, 2.75) is 0 Å². The van der Waals surface area contributed by atoms with Crippen LogP contribution in [0.15, 0.2) is 36.4 Å². The van der Waals surface area contributed by atoms with Crippen molar-refractivity contribution < 1.29 is 9.72 Å². The first-order chi connectivity index (χ1) is 9.45. The maximum atomic E-state index is 12.0. The molecule has 0 atom stereocenters. The standard InChI is InChI=1S/C12H7Cl2N3O3/c13-8-4-7(5-9(6-8)17(19)20)12(18)16-11-3-1-2-10(14)15-11/h1-6H,(H,15,16,18). The third-order valence-corrected chi connectivity index (χ3v) is 2.74. The normalized spacial score (nSPS) is 10.1. The summed E-state index contributed by atoms with van der Waals surface area (Å²) in [6, 6.07) is 8.34. The Kier molecular flexibility index (Phi) is 4.16. The molecular weight excluding hydrogens is 305 g/mol. The van der Waals surface area contributed by atoms with Crippen LogP contribution in [-0.2, 0) is 0 Å². The minimum atomic E-state index is -0.625. The van der Waals surface area contributed by atoms with E-state index in [4.69, 9.17) is 23.2 Å². The number of rotatable bonds is 3. The number of anilines is 1. The van der Waals surface area contributed by atoms with Crippen molar-refractivity contribution in [2.75, 3.05) is 5.32 Å². The summed E-state index contributed by atoms with van der Waals surface area (Å²) in [5.41, 5.74) is -0.201. The number of nitro benzene ring substituents is 1. The van der Waals surface area contributed by atoms with E-state index in [9.17, 15) is 14.9 Å². The molecular formula is C12H7Cl2N3O3. The molecule has 2 aromatic rings. The van der Waals surface area contributed by atoms with Crippen LogP contribution >= 0.6 is 23.2 Å². The number of carbonyl (C=O) groups is 1. The second-order valence-corrected chi connectivity index (χ2v) is 4.58. The lowest BCUT2D eigenvalue weighted by molar-refractivity contribution is -0.384. The number of benzene rings is 1. The molecule has 1 aromatic carbocycles. The summed E-state index contributed by atoms with van der Waals surface area (Å²) in [5, 5.41) is 13.5. The maximum absolute atomic E-state index is 12.0. The van der Waals surface area contributed by atoms with Gasteiger partial charge in [0.25, 0.3) is 11.6 Å². The first-order valence-electron chi connectivity index (χ1n) is 5.34. The second kappa shape index (κ2) is 5.85. The lowest BCUT2D eigenvalue weighted by Gasteiger charge is -2.05. The molecule has 0 unspecified atom stereocenters. The molecule has 0 saturated heterocycles. The van der Waals surface area contributed by atoms with Gasteiger partial charge in [0.1, 0.15) is 11.0 Å². The average Bonchev–Trinajstić information content (AvgIpc) is 2.37. The van der Waals surface area contributed by atoms with E-state index in [-0.39, 0.29) is 27.2 Å². The number of hydrogen-bond acceptors (Lipinski definition) is 4. The SMILES string of the molecule is O=C(Nc1cccc(Cl)n1)c1cc(Cl)cc([N+](=O)[O-])c1. The molecule has 0 bridgehead atoms. The van der Waals surface area contributed by atoms with E-state index in [0.717, 1.165) is 12.1 Å². The van der Waals surface area contributed by atoms with Crippen LogP contribution in [0.25, 0.3) is 0 Å². The minimum Gasteiger partial charge on any atom is -0.307 e. The zero-order valence-electron chi connectivity index (χ0n) is 9.84. The van der Waals surface area contributed by atoms with Crippen LogP contribution in [0.2, 0.25) is 10.2 Å². The van der Waals surface area contributed by atoms with Gasteiger partial charge in [-0.2, -0.15) is 0 Å². The van der Waals surface area contributed by atoms with Crippen LogP contribution in [0.4, 0.5) is 11.5 Å². The van der Waals surface area contributed by atoms with Crippen LogP contribution in [0, 0.1) is 10.1 Å². The molecule has 0 fully saturated rings. The average molecular weight is 312 g/mol. The molecule has 102 valence electrons. The molecule has 0 aliphatic heterocycles. The van der Waals surface area contributed by atoms with Gasteiger partial charge in [-0.25, -0.2) is 4.98 Å². The van der Waals surface area contributed by atoms with Crippen LogP contribution < -0.4 is 5.32 Å². The van der Waals surface area contributed by atoms with E-state index in [2.05, 4.69) is 10.3 Å². The molecule has 0 spiro atoms. The van der Waals surface area contributed by atoms with Gasteiger partial charge in [0.15, 0.2) is 0 Å². The smallest absolute Gasteiger partial charge is 0.271 e. The number of carbonyl (C=O) groups excluding carboxylic acids is 1. The number of hydrogen-bond donors (Lipinski definition) is 1. The quantitative estimate of drug-likeness (QED) is 0.533. The highest BCUT2D eigenvalue weighted by Crippen LogP contribution is 2.21. The number of nitro groups is 1. The van der Waals surface area contributed by atoms with Gasteiger partial charge in [-0.3, -0.25) is 14.9 Å². The summed E-state index contributed by atoms with van der Waals surface area (Å²) in [5.74, 6) is -0.324. The number of non-ortho nitro benzene ring substituents is 1. The van der Waals surface area contributed by atoms with Crippen molar-refractivity contribution in [3.8, 4) is 0 Å². The fraction of sp³-hybridized carbons (Fsp3) is 0. The predicted octanol–water partition coefficient (Wildman–Crippen LogP) is 3.55. The van der Waals surface area contributed by atoms with Gasteiger partial charge in [-0.05, 0) is 18.2 Å². The number of amides is 1. The van der Waals surface area contributed by atoms with E-state index in [1.54, 1.807) is 18.2 Å². The number of halogens is 2. The first kappa shape index (κ1) is 14.2. The molecule has 0 aliphatic carbocycles. The molecule has 20 heavy (non-hydrogen) atoms. The number of nitrogens with one attached hydrogen (secondary N) is 1. The predicted molar refractivity (Wildman–Crippen MR) is 75.3 cm³/mol. The van der Waals surface area contributed by atoms with E-state index >= 15 is 0 Å². The van der Waals surface area contributed by atoms with Gasteiger partial charge in [-0.15, -0.1) is 0 Å². The Balaban J connectivity index is 2.27. The molecule has 0 radical (unpaired) electrons. The summed E-state index contributed by atoms with van der Waals surface area (Å²) in [6.07, 6.45) is 0. The third kappa shape index (κ3) is 3.43. The minimum absolute atomic E-state index is 0.0611. The lowest BCUT2D eigenvalue weighted by atomic mass is 10.2. The Morgan fingerprint density at radius 1 is 1.25 bits per heavy atom. The summed E-state index contributed by atoms with van der Waals surface area (Å²) in [4.78, 5) is 26.0. The van der Waals surface area contributed by atoms with E-state index in [1.165, 1.54) is 6.07 Å². The van der Waals surface area contributed by atoms with Crippen LogP contribution in [0.5, 0.6) is 0 Å². The van der Waals surface area contributed by atoms with Crippen molar-refractivity contribution in [1.29, 1.82) is 0 Å². The Bertz CT molecular complexity index is 691.